The Labute approximate surface area is 239 Å². The average Bonchev–Trinajstić information content (AvgIpc) is 3.55. The first-order chi connectivity index (χ1) is 20.0. The van der Waals surface area contributed by atoms with Crippen LogP contribution in [0, 0.1) is 12.3 Å². The van der Waals surface area contributed by atoms with Crippen molar-refractivity contribution in [1.82, 2.24) is 25.5 Å². The fraction of sp³-hybridized carbons (Fsp3) is 0.379. The number of ether oxygens (including phenoxy) is 1. The minimum absolute atomic E-state index is 0.0803. The summed E-state index contributed by atoms with van der Waals surface area (Å²) in [6.45, 7) is 3.64. The molecule has 0 aliphatic carbocycles. The number of carbonyl (C=O) groups is 1. The molecular weight excluding hydrogens is 551 g/mol. The van der Waals surface area contributed by atoms with Crippen molar-refractivity contribution in [1.29, 1.82) is 0 Å². The number of nitrogens with one attached hydrogen (secondary N) is 2. The normalized spacial score (nSPS) is 19.3. The largest absolute Gasteiger partial charge is 0.480 e. The van der Waals surface area contributed by atoms with Crippen molar-refractivity contribution in [3.05, 3.63) is 59.8 Å². The first-order valence-corrected chi connectivity index (χ1v) is 13.6. The number of hydrogen-bond acceptors (Lipinski definition) is 8. The number of alkyl halides is 3. The lowest BCUT2D eigenvalue weighted by atomic mass is 9.76. The molecule has 2 aliphatic rings. The van der Waals surface area contributed by atoms with Crippen LogP contribution in [0.5, 0.6) is 5.88 Å². The Balaban J connectivity index is 1.19. The van der Waals surface area contributed by atoms with Crippen molar-refractivity contribution in [2.24, 2.45) is 5.41 Å². The van der Waals surface area contributed by atoms with Gasteiger partial charge in [-0.3, -0.25) is 9.89 Å². The van der Waals surface area contributed by atoms with E-state index in [-0.39, 0.29) is 22.8 Å². The lowest BCUT2D eigenvalue weighted by Crippen LogP contribution is -2.41. The van der Waals surface area contributed by atoms with Gasteiger partial charge in [0, 0.05) is 42.3 Å². The van der Waals surface area contributed by atoms with Gasteiger partial charge in [0.2, 0.25) is 17.9 Å². The van der Waals surface area contributed by atoms with E-state index in [9.17, 15) is 23.1 Å². The van der Waals surface area contributed by atoms with Gasteiger partial charge < -0.3 is 25.8 Å². The summed E-state index contributed by atoms with van der Waals surface area (Å²) in [5.41, 5.74) is 8.96. The fourth-order valence-corrected chi connectivity index (χ4v) is 5.96. The highest BCUT2D eigenvalue weighted by Crippen LogP contribution is 2.41. The van der Waals surface area contributed by atoms with Crippen LogP contribution in [0.25, 0.3) is 22.0 Å². The van der Waals surface area contributed by atoms with E-state index < -0.39 is 24.3 Å². The molecule has 5 N–H and O–H groups in total. The first-order valence-electron chi connectivity index (χ1n) is 13.6. The quantitative estimate of drug-likeness (QED) is 0.256. The Morgan fingerprint density at radius 3 is 2.50 bits per heavy atom. The van der Waals surface area contributed by atoms with E-state index in [4.69, 9.17) is 10.5 Å². The number of piperidine rings is 1. The Hall–Kier alpha value is -4.39. The number of benzene rings is 2. The van der Waals surface area contributed by atoms with Gasteiger partial charge in [0.15, 0.2) is 0 Å². The zero-order valence-electron chi connectivity index (χ0n) is 22.8. The molecule has 6 rings (SSSR count). The Morgan fingerprint density at radius 2 is 1.83 bits per heavy atom. The lowest BCUT2D eigenvalue weighted by Gasteiger charge is -2.39. The molecule has 4 heterocycles. The molecule has 2 fully saturated rings. The van der Waals surface area contributed by atoms with E-state index in [0.717, 1.165) is 27.7 Å². The van der Waals surface area contributed by atoms with Crippen LogP contribution in [0.4, 0.5) is 24.9 Å². The summed E-state index contributed by atoms with van der Waals surface area (Å²) >= 11 is 0. The van der Waals surface area contributed by atoms with E-state index in [0.29, 0.717) is 44.7 Å². The van der Waals surface area contributed by atoms with Crippen LogP contribution in [0.2, 0.25) is 0 Å². The molecule has 0 bridgehead atoms. The van der Waals surface area contributed by atoms with Crippen molar-refractivity contribution < 1.29 is 27.8 Å². The highest BCUT2D eigenvalue weighted by Gasteiger charge is 2.45. The first kappa shape index (κ1) is 27.8. The van der Waals surface area contributed by atoms with Gasteiger partial charge >= 0.3 is 12.1 Å². The minimum Gasteiger partial charge on any atom is -0.480 e. The Bertz CT molecular complexity index is 1620. The Kier molecular flexibility index (Phi) is 6.92. The van der Waals surface area contributed by atoms with Gasteiger partial charge in [-0.15, -0.1) is 0 Å². The molecule has 13 heteroatoms. The van der Waals surface area contributed by atoms with E-state index in [1.807, 2.05) is 30.0 Å². The number of H-pyrrole nitrogens is 1. The van der Waals surface area contributed by atoms with Crippen LogP contribution in [-0.2, 0) is 4.79 Å². The van der Waals surface area contributed by atoms with Crippen molar-refractivity contribution in [2.75, 3.05) is 30.3 Å². The lowest BCUT2D eigenvalue weighted by molar-refractivity contribution is -0.198. The van der Waals surface area contributed by atoms with Crippen LogP contribution in [0.3, 0.4) is 0 Å². The molecule has 0 radical (unpaired) electrons. The zero-order valence-corrected chi connectivity index (χ0v) is 22.8. The summed E-state index contributed by atoms with van der Waals surface area (Å²) in [5, 5.41) is 20.6. The van der Waals surface area contributed by atoms with Gasteiger partial charge in [-0.25, -0.2) is 0 Å². The van der Waals surface area contributed by atoms with Crippen LogP contribution >= 0.6 is 0 Å². The number of hydrogen-bond donors (Lipinski definition) is 4. The van der Waals surface area contributed by atoms with Crippen molar-refractivity contribution in [3.8, 4) is 17.0 Å². The number of aliphatic carboxylic acids is 1. The number of nitrogens with two attached hydrogens (primary N) is 1. The molecule has 0 saturated carbocycles. The van der Waals surface area contributed by atoms with Crippen LogP contribution in [0.1, 0.15) is 36.6 Å². The third kappa shape index (κ3) is 5.43. The number of aromatic nitrogens is 4. The summed E-state index contributed by atoms with van der Waals surface area (Å²) < 4.78 is 48.2. The summed E-state index contributed by atoms with van der Waals surface area (Å²) in [6.07, 6.45) is -5.02. The van der Waals surface area contributed by atoms with E-state index >= 15 is 0 Å². The monoisotopic (exact) mass is 581 g/mol. The smallest absolute Gasteiger partial charge is 0.429 e. The van der Waals surface area contributed by atoms with Crippen LogP contribution < -0.4 is 20.7 Å². The minimum atomic E-state index is -4.72. The number of rotatable bonds is 6. The molecule has 2 atom stereocenters. The highest BCUT2D eigenvalue weighted by atomic mass is 19.4. The molecule has 2 saturated heterocycles. The maximum Gasteiger partial charge on any atom is 0.429 e. The highest BCUT2D eigenvalue weighted by molar-refractivity contribution is 5.86. The van der Waals surface area contributed by atoms with Gasteiger partial charge in [0.25, 0.3) is 0 Å². The van der Waals surface area contributed by atoms with E-state index in [1.54, 1.807) is 12.1 Å². The van der Waals surface area contributed by atoms with Crippen molar-refractivity contribution >= 4 is 28.6 Å². The van der Waals surface area contributed by atoms with Crippen molar-refractivity contribution in [3.63, 3.8) is 0 Å². The number of fused-ring (bicyclic) bond motifs is 1. The molecule has 2 aliphatic heterocycles. The standard InChI is InChI=1S/C29H30F3N7O3/c1-16-20-7-6-19(12-21(20)38-37-16)17-2-4-18(5-3-17)25(29(30,31)32)42-24-13-23(35-27(33)36-24)39-10-8-28(9-11-39)14-22(26(40)41)34-15-28/h2-7,12-13,22,25,34H,8-11,14-15H2,1H3,(H,37,38)(H,40,41)(H2,33,35,36)/t22?,25-/m1/s1. The topological polar surface area (TPSA) is 142 Å². The number of halogens is 3. The molecule has 1 unspecified atom stereocenters. The van der Waals surface area contributed by atoms with Gasteiger partial charge in [-0.2, -0.15) is 28.2 Å². The third-order valence-corrected chi connectivity index (χ3v) is 8.34. The van der Waals surface area contributed by atoms with Gasteiger partial charge in [0.05, 0.1) is 5.52 Å². The van der Waals surface area contributed by atoms with E-state index in [2.05, 4.69) is 25.5 Å². The molecule has 0 amide bonds. The molecule has 220 valence electrons. The van der Waals surface area contributed by atoms with Crippen LogP contribution in [-0.4, -0.2) is 63.1 Å². The molecule has 10 nitrogen and oxygen atoms in total. The molecule has 2 aromatic carbocycles. The summed E-state index contributed by atoms with van der Waals surface area (Å²) in [5.74, 6) is -0.971. The second-order valence-electron chi connectivity index (χ2n) is 11.1. The second-order valence-corrected chi connectivity index (χ2v) is 11.1. The van der Waals surface area contributed by atoms with E-state index in [1.165, 1.54) is 18.2 Å². The Morgan fingerprint density at radius 1 is 1.12 bits per heavy atom. The molecule has 42 heavy (non-hydrogen) atoms. The number of nitrogen functional groups attached to an aromatic ring is 1. The SMILES string of the molecule is Cc1[nH]nc2cc(-c3ccc([C@@H](Oc4cc(N5CCC6(CC5)CNC(C(=O)O)C6)nc(N)n4)C(F)(F)F)cc3)ccc12. The molecule has 1 spiro atoms. The number of aryl methyl sites for hydroxylation is 1. The number of anilines is 2. The van der Waals surface area contributed by atoms with Crippen molar-refractivity contribution in [2.45, 2.75) is 44.5 Å². The maximum atomic E-state index is 14.2. The molecule has 4 aromatic rings. The van der Waals surface area contributed by atoms with Gasteiger partial charge in [-0.1, -0.05) is 36.4 Å². The summed E-state index contributed by atoms with van der Waals surface area (Å²) in [7, 11) is 0. The second kappa shape index (κ2) is 10.5. The summed E-state index contributed by atoms with van der Waals surface area (Å²) in [4.78, 5) is 21.5. The zero-order chi connectivity index (χ0) is 29.6. The predicted molar refractivity (Wildman–Crippen MR) is 150 cm³/mol. The number of carboxylic acid groups (broad SMARTS) is 1. The van der Waals surface area contributed by atoms with Gasteiger partial charge in [-0.05, 0) is 48.8 Å². The van der Waals surface area contributed by atoms with Crippen LogP contribution in [0.15, 0.2) is 48.5 Å². The van der Waals surface area contributed by atoms with Gasteiger partial charge in [0.1, 0.15) is 11.9 Å². The predicted octanol–water partition coefficient (Wildman–Crippen LogP) is 4.63. The third-order valence-electron chi connectivity index (χ3n) is 8.34. The molecular formula is C29H30F3N7O3. The fourth-order valence-electron chi connectivity index (χ4n) is 5.96. The number of carboxylic acids is 1. The molecule has 2 aromatic heterocycles. The number of nitrogens with zero attached hydrogens (tertiary/aromatic N) is 4. The average molecular weight is 582 g/mol. The summed E-state index contributed by atoms with van der Waals surface area (Å²) in [6, 6.07) is 12.5. The number of aromatic amines is 1. The maximum absolute atomic E-state index is 14.2.